The Kier molecular flexibility index (Phi) is 6.58. The quantitative estimate of drug-likeness (QED) is 0.292. The summed E-state index contributed by atoms with van der Waals surface area (Å²) in [4.78, 5) is 5.40. The second-order valence-electron chi connectivity index (χ2n) is 5.94. The summed E-state index contributed by atoms with van der Waals surface area (Å²) in [6.07, 6.45) is 0.735. The predicted molar refractivity (Wildman–Crippen MR) is 107 cm³/mol. The van der Waals surface area contributed by atoms with Gasteiger partial charge in [-0.1, -0.05) is 72.7 Å². The fourth-order valence-electron chi connectivity index (χ4n) is 2.70. The molecule has 0 fully saturated rings. The minimum absolute atomic E-state index is 0.226. The third-order valence-corrected chi connectivity index (χ3v) is 4.10. The van der Waals surface area contributed by atoms with Crippen LogP contribution in [0.1, 0.15) is 18.9 Å². The molecule has 27 heavy (non-hydrogen) atoms. The molecule has 0 N–H and O–H groups in total. The van der Waals surface area contributed by atoms with E-state index in [1.807, 2.05) is 67.6 Å². The topological polar surface area (TPSA) is 30.8 Å². The van der Waals surface area contributed by atoms with Crippen LogP contribution in [-0.2, 0) is 4.84 Å². The molecule has 4 heteroatoms. The van der Waals surface area contributed by atoms with Crippen molar-refractivity contribution in [3.63, 3.8) is 0 Å². The molecule has 0 bridgehead atoms. The van der Waals surface area contributed by atoms with E-state index in [4.69, 9.17) is 9.57 Å². The van der Waals surface area contributed by atoms with Crippen LogP contribution in [0.4, 0.5) is 4.39 Å². The van der Waals surface area contributed by atoms with Crippen molar-refractivity contribution >= 4 is 5.71 Å². The second kappa shape index (κ2) is 9.53. The first-order valence-corrected chi connectivity index (χ1v) is 9.00. The molecule has 3 aromatic carbocycles. The molecule has 0 heterocycles. The van der Waals surface area contributed by atoms with Gasteiger partial charge < -0.3 is 9.57 Å². The molecule has 3 nitrogen and oxygen atoms in total. The first-order valence-electron chi connectivity index (χ1n) is 9.00. The zero-order valence-corrected chi connectivity index (χ0v) is 15.3. The number of oxime groups is 1. The lowest BCUT2D eigenvalue weighted by Crippen LogP contribution is -2.06. The van der Waals surface area contributed by atoms with Gasteiger partial charge in [0.05, 0.1) is 5.71 Å². The van der Waals surface area contributed by atoms with E-state index < -0.39 is 0 Å². The standard InChI is InChI=1S/C23H22FNO2/c1-2-23(25-27-17-16-26-20-8-4-3-5-9-20)19-14-12-18(13-15-19)21-10-6-7-11-22(21)24/h3-15H,2,16-17H2,1H3/b25-23+. The number of rotatable bonds is 8. The summed E-state index contributed by atoms with van der Waals surface area (Å²) in [6.45, 7) is 2.82. The van der Waals surface area contributed by atoms with Crippen molar-refractivity contribution < 1.29 is 14.0 Å². The minimum Gasteiger partial charge on any atom is -0.490 e. The van der Waals surface area contributed by atoms with E-state index in [0.717, 1.165) is 29.0 Å². The molecular formula is C23H22FNO2. The molecule has 0 radical (unpaired) electrons. The molecular weight excluding hydrogens is 341 g/mol. The van der Waals surface area contributed by atoms with Gasteiger partial charge in [0.1, 0.15) is 18.2 Å². The molecule has 3 rings (SSSR count). The first-order chi connectivity index (χ1) is 13.3. The van der Waals surface area contributed by atoms with Gasteiger partial charge in [0.15, 0.2) is 6.61 Å². The Morgan fingerprint density at radius 3 is 2.26 bits per heavy atom. The van der Waals surface area contributed by atoms with Crippen LogP contribution >= 0.6 is 0 Å². The largest absolute Gasteiger partial charge is 0.490 e. The molecule has 138 valence electrons. The van der Waals surface area contributed by atoms with Crippen molar-refractivity contribution in [2.24, 2.45) is 5.16 Å². The molecule has 0 spiro atoms. The Labute approximate surface area is 159 Å². The van der Waals surface area contributed by atoms with E-state index in [1.165, 1.54) is 6.07 Å². The lowest BCUT2D eigenvalue weighted by molar-refractivity contribution is 0.107. The van der Waals surface area contributed by atoms with Crippen molar-refractivity contribution in [2.75, 3.05) is 13.2 Å². The highest BCUT2D eigenvalue weighted by atomic mass is 19.1. The van der Waals surface area contributed by atoms with Gasteiger partial charge in [-0.3, -0.25) is 0 Å². The Hall–Kier alpha value is -3.14. The van der Waals surface area contributed by atoms with Crippen molar-refractivity contribution in [3.8, 4) is 16.9 Å². The van der Waals surface area contributed by atoms with Gasteiger partial charge in [-0.15, -0.1) is 0 Å². The van der Waals surface area contributed by atoms with Gasteiger partial charge in [0, 0.05) is 5.56 Å². The number of ether oxygens (including phenoxy) is 1. The van der Waals surface area contributed by atoms with Crippen LogP contribution in [0.3, 0.4) is 0 Å². The third kappa shape index (κ3) is 5.17. The number of hydrogen-bond donors (Lipinski definition) is 0. The summed E-state index contributed by atoms with van der Waals surface area (Å²) in [5.74, 6) is 0.584. The smallest absolute Gasteiger partial charge is 0.151 e. The third-order valence-electron chi connectivity index (χ3n) is 4.10. The Morgan fingerprint density at radius 2 is 1.56 bits per heavy atom. The fraction of sp³-hybridized carbons (Fsp3) is 0.174. The van der Waals surface area contributed by atoms with Crippen molar-refractivity contribution in [3.05, 3.63) is 90.2 Å². The molecule has 3 aromatic rings. The summed E-state index contributed by atoms with van der Waals surface area (Å²) in [6, 6.07) is 24.0. The van der Waals surface area contributed by atoms with E-state index in [9.17, 15) is 4.39 Å². The van der Waals surface area contributed by atoms with E-state index in [1.54, 1.807) is 12.1 Å². The fourth-order valence-corrected chi connectivity index (χ4v) is 2.70. The normalized spacial score (nSPS) is 11.3. The highest BCUT2D eigenvalue weighted by Crippen LogP contribution is 2.23. The molecule has 0 unspecified atom stereocenters. The molecule has 0 aromatic heterocycles. The number of halogens is 1. The Balaban J connectivity index is 1.58. The van der Waals surface area contributed by atoms with Gasteiger partial charge in [-0.05, 0) is 35.7 Å². The molecule has 0 amide bonds. The van der Waals surface area contributed by atoms with Gasteiger partial charge >= 0.3 is 0 Å². The minimum atomic E-state index is -0.226. The maximum atomic E-state index is 13.9. The summed E-state index contributed by atoms with van der Waals surface area (Å²) >= 11 is 0. The van der Waals surface area contributed by atoms with E-state index in [-0.39, 0.29) is 5.82 Å². The molecule has 0 saturated carbocycles. The van der Waals surface area contributed by atoms with Crippen LogP contribution < -0.4 is 4.74 Å². The van der Waals surface area contributed by atoms with Gasteiger partial charge in [-0.25, -0.2) is 4.39 Å². The monoisotopic (exact) mass is 363 g/mol. The molecule has 0 aliphatic heterocycles. The van der Waals surface area contributed by atoms with Crippen LogP contribution in [-0.4, -0.2) is 18.9 Å². The molecule has 0 aliphatic rings. The summed E-state index contributed by atoms with van der Waals surface area (Å²) in [7, 11) is 0. The van der Waals surface area contributed by atoms with Crippen molar-refractivity contribution in [1.82, 2.24) is 0 Å². The second-order valence-corrected chi connectivity index (χ2v) is 5.94. The number of benzene rings is 3. The average Bonchev–Trinajstić information content (AvgIpc) is 2.72. The number of para-hydroxylation sites is 1. The summed E-state index contributed by atoms with van der Waals surface area (Å²) in [5.41, 5.74) is 3.23. The lowest BCUT2D eigenvalue weighted by atomic mass is 10.0. The van der Waals surface area contributed by atoms with E-state index >= 15 is 0 Å². The first kappa shape index (κ1) is 18.6. The van der Waals surface area contributed by atoms with Gasteiger partial charge in [0.25, 0.3) is 0 Å². The molecule has 0 atom stereocenters. The predicted octanol–water partition coefficient (Wildman–Crippen LogP) is 5.70. The van der Waals surface area contributed by atoms with E-state index in [2.05, 4.69) is 5.16 Å². The van der Waals surface area contributed by atoms with Crippen LogP contribution in [0, 0.1) is 5.82 Å². The lowest BCUT2D eigenvalue weighted by Gasteiger charge is -2.08. The molecule has 0 aliphatic carbocycles. The zero-order chi connectivity index (χ0) is 18.9. The van der Waals surface area contributed by atoms with Gasteiger partial charge in [0.2, 0.25) is 0 Å². The van der Waals surface area contributed by atoms with Crippen molar-refractivity contribution in [2.45, 2.75) is 13.3 Å². The highest BCUT2D eigenvalue weighted by molar-refractivity contribution is 6.00. The highest BCUT2D eigenvalue weighted by Gasteiger charge is 2.06. The maximum absolute atomic E-state index is 13.9. The summed E-state index contributed by atoms with van der Waals surface area (Å²) in [5, 5.41) is 4.23. The number of nitrogens with zero attached hydrogens (tertiary/aromatic N) is 1. The number of hydrogen-bond acceptors (Lipinski definition) is 3. The average molecular weight is 363 g/mol. The van der Waals surface area contributed by atoms with Crippen molar-refractivity contribution in [1.29, 1.82) is 0 Å². The SMILES string of the molecule is CC/C(=N\OCCOc1ccccc1)c1ccc(-c2ccccc2F)cc1. The van der Waals surface area contributed by atoms with Crippen LogP contribution in [0.15, 0.2) is 84.0 Å². The maximum Gasteiger partial charge on any atom is 0.151 e. The van der Waals surface area contributed by atoms with Crippen LogP contribution in [0.2, 0.25) is 0 Å². The zero-order valence-electron chi connectivity index (χ0n) is 15.3. The van der Waals surface area contributed by atoms with Gasteiger partial charge in [-0.2, -0.15) is 0 Å². The Bertz CT molecular complexity index is 876. The Morgan fingerprint density at radius 1 is 0.852 bits per heavy atom. The van der Waals surface area contributed by atoms with Crippen LogP contribution in [0.25, 0.3) is 11.1 Å². The van der Waals surface area contributed by atoms with E-state index in [0.29, 0.717) is 18.8 Å². The summed E-state index contributed by atoms with van der Waals surface area (Å²) < 4.78 is 19.5. The van der Waals surface area contributed by atoms with Crippen LogP contribution in [0.5, 0.6) is 5.75 Å². The molecule has 0 saturated heterocycles.